The van der Waals surface area contributed by atoms with Crippen molar-refractivity contribution in [3.8, 4) is 5.75 Å². The molecular weight excluding hydrogens is 324 g/mol. The third-order valence-corrected chi connectivity index (χ3v) is 4.24. The van der Waals surface area contributed by atoms with Crippen LogP contribution in [0.5, 0.6) is 5.75 Å². The molecule has 0 saturated heterocycles. The molecule has 0 aliphatic heterocycles. The van der Waals surface area contributed by atoms with Crippen LogP contribution in [0.4, 0.5) is 0 Å². The fourth-order valence-electron chi connectivity index (χ4n) is 1.72. The van der Waals surface area contributed by atoms with Crippen LogP contribution < -0.4 is 4.74 Å². The van der Waals surface area contributed by atoms with Gasteiger partial charge in [-0.15, -0.1) is 0 Å². The molecule has 0 fully saturated rings. The number of hydrogen-bond acceptors (Lipinski definition) is 3. The monoisotopic (exact) mass is 338 g/mol. The van der Waals surface area contributed by atoms with Crippen LogP contribution in [-0.4, -0.2) is 12.4 Å². The average Bonchev–Trinajstić information content (AvgIpc) is 2.82. The lowest BCUT2D eigenvalue weighted by atomic mass is 10.0. The van der Waals surface area contributed by atoms with Gasteiger partial charge in [-0.1, -0.05) is 6.92 Å². The fraction of sp³-hybridized carbons (Fsp3) is 0.267. The lowest BCUT2D eigenvalue weighted by Crippen LogP contribution is -2.02. The van der Waals surface area contributed by atoms with E-state index in [2.05, 4.69) is 22.9 Å². The minimum Gasteiger partial charge on any atom is -0.492 e. The van der Waals surface area contributed by atoms with Crippen LogP contribution in [0, 0.1) is 6.92 Å². The van der Waals surface area contributed by atoms with Gasteiger partial charge in [-0.05, 0) is 58.4 Å². The maximum atomic E-state index is 12.4. The Kier molecular flexibility index (Phi) is 4.77. The molecule has 0 unspecified atom stereocenters. The van der Waals surface area contributed by atoms with Gasteiger partial charge >= 0.3 is 0 Å². The molecule has 0 radical (unpaired) electrons. The van der Waals surface area contributed by atoms with Crippen LogP contribution >= 0.6 is 27.3 Å². The molecule has 0 saturated carbocycles. The number of carbonyl (C=O) groups excluding carboxylic acids is 1. The summed E-state index contributed by atoms with van der Waals surface area (Å²) < 4.78 is 6.40. The first-order valence-electron chi connectivity index (χ1n) is 6.13. The molecule has 0 N–H and O–H groups in total. The molecule has 0 aliphatic carbocycles. The van der Waals surface area contributed by atoms with Crippen molar-refractivity contribution in [1.29, 1.82) is 0 Å². The first-order valence-corrected chi connectivity index (χ1v) is 7.87. The number of halogens is 1. The zero-order chi connectivity index (χ0) is 13.8. The lowest BCUT2D eigenvalue weighted by molar-refractivity contribution is 0.103. The molecule has 0 spiro atoms. The summed E-state index contributed by atoms with van der Waals surface area (Å²) in [5, 5.41) is 3.88. The topological polar surface area (TPSA) is 26.3 Å². The van der Waals surface area contributed by atoms with Gasteiger partial charge in [0.05, 0.1) is 11.1 Å². The molecule has 2 rings (SSSR count). The largest absolute Gasteiger partial charge is 0.492 e. The molecule has 19 heavy (non-hydrogen) atoms. The SMILES string of the molecule is CCCOc1ccc(C(=O)c2cscc2C)cc1Br. The Morgan fingerprint density at radius 1 is 1.37 bits per heavy atom. The van der Waals surface area contributed by atoms with E-state index in [1.807, 2.05) is 35.9 Å². The number of thiophene rings is 1. The van der Waals surface area contributed by atoms with E-state index in [1.165, 1.54) is 0 Å². The van der Waals surface area contributed by atoms with Gasteiger partial charge in [0.15, 0.2) is 5.78 Å². The summed E-state index contributed by atoms with van der Waals surface area (Å²) in [5.74, 6) is 0.835. The summed E-state index contributed by atoms with van der Waals surface area (Å²) >= 11 is 5.00. The van der Waals surface area contributed by atoms with Crippen molar-refractivity contribution in [3.05, 3.63) is 50.1 Å². The summed E-state index contributed by atoms with van der Waals surface area (Å²) in [6.07, 6.45) is 0.960. The second-order valence-corrected chi connectivity index (χ2v) is 5.89. The molecule has 2 aromatic rings. The van der Waals surface area contributed by atoms with Crippen LogP contribution in [-0.2, 0) is 0 Å². The number of ether oxygens (including phenoxy) is 1. The molecule has 100 valence electrons. The predicted molar refractivity (Wildman–Crippen MR) is 82.4 cm³/mol. The highest BCUT2D eigenvalue weighted by Crippen LogP contribution is 2.28. The summed E-state index contributed by atoms with van der Waals surface area (Å²) in [6.45, 7) is 4.69. The Bertz CT molecular complexity index is 590. The van der Waals surface area contributed by atoms with E-state index >= 15 is 0 Å². The first-order chi connectivity index (χ1) is 9.13. The molecule has 1 aromatic carbocycles. The van der Waals surface area contributed by atoms with Crippen LogP contribution in [0.2, 0.25) is 0 Å². The van der Waals surface area contributed by atoms with E-state index in [4.69, 9.17) is 4.74 Å². The summed E-state index contributed by atoms with van der Waals surface area (Å²) in [4.78, 5) is 12.4. The lowest BCUT2D eigenvalue weighted by Gasteiger charge is -2.08. The predicted octanol–water partition coefficient (Wildman–Crippen LogP) is 4.84. The molecule has 0 bridgehead atoms. The number of carbonyl (C=O) groups is 1. The van der Waals surface area contributed by atoms with Crippen molar-refractivity contribution in [2.45, 2.75) is 20.3 Å². The highest BCUT2D eigenvalue weighted by atomic mass is 79.9. The van der Waals surface area contributed by atoms with E-state index in [1.54, 1.807) is 11.3 Å². The first kappa shape index (κ1) is 14.3. The highest BCUT2D eigenvalue weighted by Gasteiger charge is 2.14. The molecule has 0 aliphatic rings. The number of hydrogen-bond donors (Lipinski definition) is 0. The van der Waals surface area contributed by atoms with Gasteiger partial charge in [0.2, 0.25) is 0 Å². The zero-order valence-electron chi connectivity index (χ0n) is 10.9. The Balaban J connectivity index is 2.25. The third kappa shape index (κ3) is 3.25. The molecule has 4 heteroatoms. The maximum Gasteiger partial charge on any atom is 0.194 e. The Morgan fingerprint density at radius 2 is 2.16 bits per heavy atom. The van der Waals surface area contributed by atoms with E-state index in [9.17, 15) is 4.79 Å². The number of ketones is 1. The van der Waals surface area contributed by atoms with Crippen molar-refractivity contribution in [2.75, 3.05) is 6.61 Å². The fourth-order valence-corrected chi connectivity index (χ4v) is 3.04. The highest BCUT2D eigenvalue weighted by molar-refractivity contribution is 9.10. The number of rotatable bonds is 5. The molecule has 2 nitrogen and oxygen atoms in total. The second-order valence-electron chi connectivity index (χ2n) is 4.29. The van der Waals surface area contributed by atoms with Crippen LogP contribution in [0.15, 0.2) is 33.4 Å². The van der Waals surface area contributed by atoms with Gasteiger partial charge in [-0.3, -0.25) is 4.79 Å². The third-order valence-electron chi connectivity index (χ3n) is 2.76. The van der Waals surface area contributed by atoms with Gasteiger partial charge in [0, 0.05) is 16.5 Å². The molecular formula is C15H15BrO2S. The minimum absolute atomic E-state index is 0.0569. The number of benzene rings is 1. The molecule has 0 atom stereocenters. The zero-order valence-corrected chi connectivity index (χ0v) is 13.3. The van der Waals surface area contributed by atoms with Crippen LogP contribution in [0.3, 0.4) is 0 Å². The summed E-state index contributed by atoms with van der Waals surface area (Å²) in [5.41, 5.74) is 2.48. The Hall–Kier alpha value is -1.13. The summed E-state index contributed by atoms with van der Waals surface area (Å²) in [6, 6.07) is 5.48. The van der Waals surface area contributed by atoms with Crippen LogP contribution in [0.1, 0.15) is 34.8 Å². The normalized spacial score (nSPS) is 10.5. The van der Waals surface area contributed by atoms with Gasteiger partial charge < -0.3 is 4.74 Å². The van der Waals surface area contributed by atoms with Crippen molar-refractivity contribution >= 4 is 33.0 Å². The van der Waals surface area contributed by atoms with Crippen LogP contribution in [0.25, 0.3) is 0 Å². The van der Waals surface area contributed by atoms with Gasteiger partial charge in [0.25, 0.3) is 0 Å². The van der Waals surface area contributed by atoms with E-state index in [0.29, 0.717) is 12.2 Å². The van der Waals surface area contributed by atoms with Gasteiger partial charge in [-0.2, -0.15) is 11.3 Å². The van der Waals surface area contributed by atoms with E-state index < -0.39 is 0 Å². The maximum absolute atomic E-state index is 12.4. The van der Waals surface area contributed by atoms with Gasteiger partial charge in [0.1, 0.15) is 5.75 Å². The Morgan fingerprint density at radius 3 is 2.74 bits per heavy atom. The molecule has 1 heterocycles. The Labute approximate surface area is 125 Å². The minimum atomic E-state index is 0.0569. The van der Waals surface area contributed by atoms with Crippen molar-refractivity contribution in [3.63, 3.8) is 0 Å². The quantitative estimate of drug-likeness (QED) is 0.729. The van der Waals surface area contributed by atoms with E-state index in [0.717, 1.165) is 27.8 Å². The van der Waals surface area contributed by atoms with Crippen molar-refractivity contribution < 1.29 is 9.53 Å². The van der Waals surface area contributed by atoms with Crippen molar-refractivity contribution in [2.24, 2.45) is 0 Å². The standard InChI is InChI=1S/C15H15BrO2S/c1-3-6-18-14-5-4-11(7-13(14)16)15(17)12-9-19-8-10(12)2/h4-5,7-9H,3,6H2,1-2H3. The second kappa shape index (κ2) is 6.35. The molecule has 1 aromatic heterocycles. The summed E-state index contributed by atoms with van der Waals surface area (Å²) in [7, 11) is 0. The average molecular weight is 339 g/mol. The smallest absolute Gasteiger partial charge is 0.194 e. The van der Waals surface area contributed by atoms with Crippen molar-refractivity contribution in [1.82, 2.24) is 0 Å². The van der Waals surface area contributed by atoms with Gasteiger partial charge in [-0.25, -0.2) is 0 Å². The van der Waals surface area contributed by atoms with E-state index in [-0.39, 0.29) is 5.78 Å². The molecule has 0 amide bonds. The number of aryl methyl sites for hydroxylation is 1.